The normalized spacial score (nSPS) is 16.4. The zero-order valence-electron chi connectivity index (χ0n) is 11.5. The van der Waals surface area contributed by atoms with Gasteiger partial charge in [0.1, 0.15) is 0 Å². The highest BCUT2D eigenvalue weighted by Crippen LogP contribution is 2.51. The van der Waals surface area contributed by atoms with E-state index in [0.717, 1.165) is 16.7 Å². The first-order valence-electron chi connectivity index (χ1n) is 6.78. The molecule has 1 aromatic rings. The Morgan fingerprint density at radius 1 is 1.42 bits per heavy atom. The van der Waals surface area contributed by atoms with Crippen LogP contribution in [0.5, 0.6) is 0 Å². The maximum absolute atomic E-state index is 11.8. The second-order valence-electron chi connectivity index (χ2n) is 5.68. The van der Waals surface area contributed by atoms with Crippen LogP contribution in [0.2, 0.25) is 0 Å². The summed E-state index contributed by atoms with van der Waals surface area (Å²) in [5.74, 6) is 0.700. The molecule has 0 spiro atoms. The Kier molecular flexibility index (Phi) is 4.63. The van der Waals surface area contributed by atoms with Gasteiger partial charge in [-0.1, -0.05) is 35.8 Å². The van der Waals surface area contributed by atoms with Gasteiger partial charge in [0.05, 0.1) is 6.54 Å². The predicted octanol–water partition coefficient (Wildman–Crippen LogP) is 3.41. The van der Waals surface area contributed by atoms with Gasteiger partial charge in [0.2, 0.25) is 5.91 Å². The van der Waals surface area contributed by atoms with Crippen LogP contribution in [0, 0.1) is 11.3 Å². The SMILES string of the molecule is CC(C)C1(CNCC(=O)Nc2cccc(Br)c2)CC1. The Balaban J connectivity index is 1.73. The highest BCUT2D eigenvalue weighted by Gasteiger charge is 2.44. The topological polar surface area (TPSA) is 41.1 Å². The second kappa shape index (κ2) is 6.06. The summed E-state index contributed by atoms with van der Waals surface area (Å²) in [7, 11) is 0. The van der Waals surface area contributed by atoms with Crippen LogP contribution in [-0.2, 0) is 4.79 Å². The Morgan fingerprint density at radius 3 is 2.74 bits per heavy atom. The van der Waals surface area contributed by atoms with Crippen LogP contribution in [-0.4, -0.2) is 19.0 Å². The summed E-state index contributed by atoms with van der Waals surface area (Å²) in [6, 6.07) is 7.63. The molecule has 1 aliphatic carbocycles. The Hall–Kier alpha value is -0.870. The number of anilines is 1. The Morgan fingerprint density at radius 2 is 2.16 bits per heavy atom. The molecule has 0 aliphatic heterocycles. The Bertz CT molecular complexity index is 455. The number of benzene rings is 1. The molecule has 1 aliphatic rings. The lowest BCUT2D eigenvalue weighted by molar-refractivity contribution is -0.115. The minimum absolute atomic E-state index is 0.0117. The lowest BCUT2D eigenvalue weighted by Gasteiger charge is -2.19. The van der Waals surface area contributed by atoms with E-state index in [1.807, 2.05) is 24.3 Å². The van der Waals surface area contributed by atoms with Gasteiger partial charge in [0.15, 0.2) is 0 Å². The number of carbonyl (C=O) groups is 1. The van der Waals surface area contributed by atoms with E-state index in [4.69, 9.17) is 0 Å². The molecule has 2 rings (SSSR count). The third-order valence-corrected chi connectivity index (χ3v) is 4.48. The smallest absolute Gasteiger partial charge is 0.238 e. The monoisotopic (exact) mass is 324 g/mol. The van der Waals surface area contributed by atoms with Crippen molar-refractivity contribution in [2.75, 3.05) is 18.4 Å². The number of nitrogens with one attached hydrogen (secondary N) is 2. The molecule has 104 valence electrons. The highest BCUT2D eigenvalue weighted by atomic mass is 79.9. The quantitative estimate of drug-likeness (QED) is 0.841. The van der Waals surface area contributed by atoms with Crippen LogP contribution in [0.25, 0.3) is 0 Å². The molecule has 3 nitrogen and oxygen atoms in total. The van der Waals surface area contributed by atoms with E-state index in [0.29, 0.717) is 17.9 Å². The molecule has 1 saturated carbocycles. The van der Waals surface area contributed by atoms with Crippen molar-refractivity contribution in [2.24, 2.45) is 11.3 Å². The molecule has 0 unspecified atom stereocenters. The maximum Gasteiger partial charge on any atom is 0.238 e. The van der Waals surface area contributed by atoms with Crippen molar-refractivity contribution in [3.05, 3.63) is 28.7 Å². The van der Waals surface area contributed by atoms with Crippen LogP contribution in [0.3, 0.4) is 0 Å². The standard InChI is InChI=1S/C15H21BrN2O/c1-11(2)15(6-7-15)10-17-9-14(19)18-13-5-3-4-12(16)8-13/h3-5,8,11,17H,6-7,9-10H2,1-2H3,(H,18,19). The van der Waals surface area contributed by atoms with Gasteiger partial charge in [0.25, 0.3) is 0 Å². The number of halogens is 1. The molecule has 0 radical (unpaired) electrons. The van der Waals surface area contributed by atoms with Crippen molar-refractivity contribution < 1.29 is 4.79 Å². The molecule has 0 atom stereocenters. The average Bonchev–Trinajstić information content (AvgIpc) is 3.10. The number of amides is 1. The van der Waals surface area contributed by atoms with Gasteiger partial charge in [-0.3, -0.25) is 4.79 Å². The van der Waals surface area contributed by atoms with Gasteiger partial charge >= 0.3 is 0 Å². The molecule has 0 aromatic heterocycles. The van der Waals surface area contributed by atoms with E-state index in [2.05, 4.69) is 40.4 Å². The molecule has 1 fully saturated rings. The van der Waals surface area contributed by atoms with Gasteiger partial charge in [-0.25, -0.2) is 0 Å². The summed E-state index contributed by atoms with van der Waals surface area (Å²) in [5.41, 5.74) is 1.27. The maximum atomic E-state index is 11.8. The van der Waals surface area contributed by atoms with Crippen molar-refractivity contribution in [3.63, 3.8) is 0 Å². The minimum atomic E-state index is 0.0117. The molecule has 1 aromatic carbocycles. The summed E-state index contributed by atoms with van der Waals surface area (Å²) in [5, 5.41) is 6.17. The van der Waals surface area contributed by atoms with E-state index >= 15 is 0 Å². The van der Waals surface area contributed by atoms with Crippen molar-refractivity contribution >= 4 is 27.5 Å². The molecule has 0 bridgehead atoms. The largest absolute Gasteiger partial charge is 0.325 e. The minimum Gasteiger partial charge on any atom is -0.325 e. The van der Waals surface area contributed by atoms with Crippen LogP contribution < -0.4 is 10.6 Å². The fourth-order valence-corrected chi connectivity index (χ4v) is 2.71. The van der Waals surface area contributed by atoms with Crippen molar-refractivity contribution in [3.8, 4) is 0 Å². The zero-order chi connectivity index (χ0) is 13.9. The molecule has 0 heterocycles. The summed E-state index contributed by atoms with van der Waals surface area (Å²) < 4.78 is 0.968. The molecular formula is C15H21BrN2O. The third-order valence-electron chi connectivity index (χ3n) is 3.99. The van der Waals surface area contributed by atoms with E-state index in [1.165, 1.54) is 12.8 Å². The van der Waals surface area contributed by atoms with Crippen LogP contribution >= 0.6 is 15.9 Å². The Labute approximate surface area is 123 Å². The molecule has 4 heteroatoms. The van der Waals surface area contributed by atoms with E-state index in [-0.39, 0.29) is 5.91 Å². The first-order valence-corrected chi connectivity index (χ1v) is 7.57. The van der Waals surface area contributed by atoms with Crippen LogP contribution in [0.15, 0.2) is 28.7 Å². The first kappa shape index (κ1) is 14.5. The van der Waals surface area contributed by atoms with E-state index < -0.39 is 0 Å². The van der Waals surface area contributed by atoms with Crippen LogP contribution in [0.1, 0.15) is 26.7 Å². The van der Waals surface area contributed by atoms with Gasteiger partial charge in [-0.05, 0) is 42.4 Å². The number of hydrogen-bond donors (Lipinski definition) is 2. The van der Waals surface area contributed by atoms with Gasteiger partial charge in [0, 0.05) is 16.7 Å². The molecule has 19 heavy (non-hydrogen) atoms. The average molecular weight is 325 g/mol. The second-order valence-corrected chi connectivity index (χ2v) is 6.59. The van der Waals surface area contributed by atoms with Gasteiger partial charge in [-0.15, -0.1) is 0 Å². The summed E-state index contributed by atoms with van der Waals surface area (Å²) in [4.78, 5) is 11.8. The van der Waals surface area contributed by atoms with E-state index in [9.17, 15) is 4.79 Å². The summed E-state index contributed by atoms with van der Waals surface area (Å²) in [6.07, 6.45) is 2.57. The molecule has 0 saturated heterocycles. The summed E-state index contributed by atoms with van der Waals surface area (Å²) >= 11 is 3.39. The summed E-state index contributed by atoms with van der Waals surface area (Å²) in [6.45, 7) is 5.84. The van der Waals surface area contributed by atoms with Gasteiger partial charge < -0.3 is 10.6 Å². The molecular weight excluding hydrogens is 304 g/mol. The van der Waals surface area contributed by atoms with Crippen molar-refractivity contribution in [2.45, 2.75) is 26.7 Å². The predicted molar refractivity (Wildman–Crippen MR) is 82.1 cm³/mol. The lowest BCUT2D eigenvalue weighted by Crippen LogP contribution is -2.34. The van der Waals surface area contributed by atoms with Crippen molar-refractivity contribution in [1.29, 1.82) is 0 Å². The van der Waals surface area contributed by atoms with Crippen molar-refractivity contribution in [1.82, 2.24) is 5.32 Å². The fraction of sp³-hybridized carbons (Fsp3) is 0.533. The number of rotatable bonds is 6. The lowest BCUT2D eigenvalue weighted by atomic mass is 9.92. The molecule has 2 N–H and O–H groups in total. The third kappa shape index (κ3) is 4.05. The number of hydrogen-bond acceptors (Lipinski definition) is 2. The first-order chi connectivity index (χ1) is 9.02. The number of carbonyl (C=O) groups excluding carboxylic acids is 1. The zero-order valence-corrected chi connectivity index (χ0v) is 13.1. The van der Waals surface area contributed by atoms with Crippen LogP contribution in [0.4, 0.5) is 5.69 Å². The van der Waals surface area contributed by atoms with Gasteiger partial charge in [-0.2, -0.15) is 0 Å². The fourth-order valence-electron chi connectivity index (χ4n) is 2.32. The highest BCUT2D eigenvalue weighted by molar-refractivity contribution is 9.10. The molecule has 1 amide bonds. The van der Waals surface area contributed by atoms with E-state index in [1.54, 1.807) is 0 Å².